The SMILES string of the molecule is CCN(CC(=O)O)C1CC(NC(=O)Nc2ccc(C(F)(F)F)cc2)C1. The summed E-state index contributed by atoms with van der Waals surface area (Å²) in [7, 11) is 0. The first-order valence-electron chi connectivity index (χ1n) is 7.89. The molecule has 0 heterocycles. The van der Waals surface area contributed by atoms with Crippen LogP contribution in [0.3, 0.4) is 0 Å². The summed E-state index contributed by atoms with van der Waals surface area (Å²) in [6.45, 7) is 2.45. The number of rotatable bonds is 6. The van der Waals surface area contributed by atoms with Crippen LogP contribution < -0.4 is 10.6 Å². The second-order valence-corrected chi connectivity index (χ2v) is 5.95. The summed E-state index contributed by atoms with van der Waals surface area (Å²) in [5.41, 5.74) is -0.513. The van der Waals surface area contributed by atoms with Crippen molar-refractivity contribution in [1.29, 1.82) is 0 Å². The summed E-state index contributed by atoms with van der Waals surface area (Å²) >= 11 is 0. The lowest BCUT2D eigenvalue weighted by Crippen LogP contribution is -2.55. The Morgan fingerprint density at radius 3 is 2.32 bits per heavy atom. The van der Waals surface area contributed by atoms with Gasteiger partial charge >= 0.3 is 18.2 Å². The summed E-state index contributed by atoms with van der Waals surface area (Å²) in [6.07, 6.45) is -3.13. The minimum Gasteiger partial charge on any atom is -0.480 e. The van der Waals surface area contributed by atoms with Gasteiger partial charge in [-0.05, 0) is 43.7 Å². The van der Waals surface area contributed by atoms with Crippen LogP contribution in [0.15, 0.2) is 24.3 Å². The molecule has 0 aromatic heterocycles. The molecule has 138 valence electrons. The first kappa shape index (κ1) is 19.0. The van der Waals surface area contributed by atoms with Crippen LogP contribution >= 0.6 is 0 Å². The van der Waals surface area contributed by atoms with E-state index in [-0.39, 0.29) is 24.3 Å². The summed E-state index contributed by atoms with van der Waals surface area (Å²) in [5.74, 6) is -0.890. The molecular formula is C16H20F3N3O3. The number of aliphatic carboxylic acids is 1. The van der Waals surface area contributed by atoms with E-state index < -0.39 is 23.7 Å². The average molecular weight is 359 g/mol. The van der Waals surface area contributed by atoms with Gasteiger partial charge in [-0.25, -0.2) is 4.79 Å². The van der Waals surface area contributed by atoms with Crippen LogP contribution in [0.4, 0.5) is 23.7 Å². The number of carbonyl (C=O) groups is 2. The van der Waals surface area contributed by atoms with Crippen molar-refractivity contribution >= 4 is 17.7 Å². The minimum absolute atomic E-state index is 0.0361. The lowest BCUT2D eigenvalue weighted by molar-refractivity contribution is -0.139. The zero-order valence-corrected chi connectivity index (χ0v) is 13.6. The molecule has 1 aromatic rings. The highest BCUT2D eigenvalue weighted by Crippen LogP contribution is 2.30. The van der Waals surface area contributed by atoms with Gasteiger partial charge in [0, 0.05) is 17.8 Å². The lowest BCUT2D eigenvalue weighted by Gasteiger charge is -2.42. The van der Waals surface area contributed by atoms with Crippen LogP contribution in [0.1, 0.15) is 25.3 Å². The largest absolute Gasteiger partial charge is 0.480 e. The average Bonchev–Trinajstić information content (AvgIpc) is 2.48. The Morgan fingerprint density at radius 1 is 1.24 bits per heavy atom. The van der Waals surface area contributed by atoms with E-state index in [1.54, 1.807) is 0 Å². The number of nitrogens with one attached hydrogen (secondary N) is 2. The zero-order chi connectivity index (χ0) is 18.6. The smallest absolute Gasteiger partial charge is 0.416 e. The van der Waals surface area contributed by atoms with Gasteiger partial charge in [-0.15, -0.1) is 0 Å². The molecule has 0 bridgehead atoms. The van der Waals surface area contributed by atoms with E-state index in [1.807, 2.05) is 11.8 Å². The molecule has 1 saturated carbocycles. The van der Waals surface area contributed by atoms with Gasteiger partial charge in [-0.1, -0.05) is 6.92 Å². The summed E-state index contributed by atoms with van der Waals surface area (Å²) < 4.78 is 37.4. The first-order valence-corrected chi connectivity index (χ1v) is 7.89. The number of urea groups is 1. The third kappa shape index (κ3) is 5.35. The summed E-state index contributed by atoms with van der Waals surface area (Å²) in [5, 5.41) is 14.0. The van der Waals surface area contributed by atoms with Gasteiger partial charge < -0.3 is 15.7 Å². The van der Waals surface area contributed by atoms with E-state index in [0.717, 1.165) is 12.1 Å². The van der Waals surface area contributed by atoms with Gasteiger partial charge in [0.15, 0.2) is 0 Å². The Labute approximate surface area is 143 Å². The summed E-state index contributed by atoms with van der Waals surface area (Å²) in [4.78, 5) is 24.5. The minimum atomic E-state index is -4.41. The molecule has 1 aliphatic rings. The molecule has 9 heteroatoms. The lowest BCUT2D eigenvalue weighted by atomic mass is 9.85. The van der Waals surface area contributed by atoms with Gasteiger partial charge in [0.05, 0.1) is 12.1 Å². The highest BCUT2D eigenvalue weighted by atomic mass is 19.4. The number of halogens is 3. The van der Waals surface area contributed by atoms with E-state index in [0.29, 0.717) is 19.4 Å². The molecule has 3 N–H and O–H groups in total. The second kappa shape index (κ2) is 7.73. The highest BCUT2D eigenvalue weighted by Gasteiger charge is 2.34. The van der Waals surface area contributed by atoms with Crippen molar-refractivity contribution in [2.45, 2.75) is 38.0 Å². The van der Waals surface area contributed by atoms with Crippen molar-refractivity contribution in [1.82, 2.24) is 10.2 Å². The maximum atomic E-state index is 12.5. The van der Waals surface area contributed by atoms with Gasteiger partial charge in [0.1, 0.15) is 0 Å². The number of alkyl halides is 3. The predicted octanol–water partition coefficient (Wildman–Crippen LogP) is 2.76. The number of carboxylic acids is 1. The fourth-order valence-electron chi connectivity index (χ4n) is 2.77. The van der Waals surface area contributed by atoms with E-state index in [2.05, 4.69) is 10.6 Å². The molecule has 1 aliphatic carbocycles. The number of hydrogen-bond acceptors (Lipinski definition) is 3. The topological polar surface area (TPSA) is 81.7 Å². The Kier molecular flexibility index (Phi) is 5.89. The number of amides is 2. The van der Waals surface area contributed by atoms with Crippen molar-refractivity contribution in [2.24, 2.45) is 0 Å². The van der Waals surface area contributed by atoms with Crippen LogP contribution in [-0.4, -0.2) is 47.2 Å². The third-order valence-electron chi connectivity index (χ3n) is 4.18. The first-order chi connectivity index (χ1) is 11.7. The van der Waals surface area contributed by atoms with Crippen LogP contribution in [0.2, 0.25) is 0 Å². The van der Waals surface area contributed by atoms with Crippen molar-refractivity contribution < 1.29 is 27.9 Å². The van der Waals surface area contributed by atoms with Crippen LogP contribution in [0, 0.1) is 0 Å². The van der Waals surface area contributed by atoms with Gasteiger partial charge in [0.2, 0.25) is 0 Å². The van der Waals surface area contributed by atoms with Crippen LogP contribution in [-0.2, 0) is 11.0 Å². The van der Waals surface area contributed by atoms with E-state index >= 15 is 0 Å². The van der Waals surface area contributed by atoms with Gasteiger partial charge in [-0.3, -0.25) is 9.69 Å². The van der Waals surface area contributed by atoms with Gasteiger partial charge in [0.25, 0.3) is 0 Å². The molecule has 0 saturated heterocycles. The number of benzene rings is 1. The summed E-state index contributed by atoms with van der Waals surface area (Å²) in [6, 6.07) is 3.72. The number of anilines is 1. The second-order valence-electron chi connectivity index (χ2n) is 5.95. The van der Waals surface area contributed by atoms with Gasteiger partial charge in [-0.2, -0.15) is 13.2 Å². The Hall–Kier alpha value is -2.29. The molecule has 2 rings (SSSR count). The number of likely N-dealkylation sites (N-methyl/N-ethyl adjacent to an activating group) is 1. The molecule has 1 fully saturated rings. The Morgan fingerprint density at radius 2 is 1.84 bits per heavy atom. The number of nitrogens with zero attached hydrogens (tertiary/aromatic N) is 1. The quantitative estimate of drug-likeness (QED) is 0.730. The Balaban J connectivity index is 1.77. The van der Waals surface area contributed by atoms with E-state index in [9.17, 15) is 22.8 Å². The van der Waals surface area contributed by atoms with Crippen LogP contribution in [0.25, 0.3) is 0 Å². The number of hydrogen-bond donors (Lipinski definition) is 3. The van der Waals surface area contributed by atoms with Crippen LogP contribution in [0.5, 0.6) is 0 Å². The standard InChI is InChI=1S/C16H20F3N3O3/c1-2-22(9-14(23)24)13-7-12(8-13)21-15(25)20-11-5-3-10(4-6-11)16(17,18)19/h3-6,12-13H,2,7-9H2,1H3,(H,23,24)(H2,20,21,25). The Bertz CT molecular complexity index is 613. The molecule has 25 heavy (non-hydrogen) atoms. The monoisotopic (exact) mass is 359 g/mol. The fourth-order valence-corrected chi connectivity index (χ4v) is 2.77. The maximum Gasteiger partial charge on any atom is 0.416 e. The molecule has 0 spiro atoms. The molecule has 0 radical (unpaired) electrons. The number of carbonyl (C=O) groups excluding carboxylic acids is 1. The maximum absolute atomic E-state index is 12.5. The number of carboxylic acid groups (broad SMARTS) is 1. The normalized spacial score (nSPS) is 20.0. The zero-order valence-electron chi connectivity index (χ0n) is 13.6. The van der Waals surface area contributed by atoms with E-state index in [1.165, 1.54) is 12.1 Å². The van der Waals surface area contributed by atoms with Crippen molar-refractivity contribution in [3.05, 3.63) is 29.8 Å². The molecule has 0 unspecified atom stereocenters. The fraction of sp³-hybridized carbons (Fsp3) is 0.500. The van der Waals surface area contributed by atoms with E-state index in [4.69, 9.17) is 5.11 Å². The molecule has 0 atom stereocenters. The van der Waals surface area contributed by atoms with Crippen molar-refractivity contribution in [2.75, 3.05) is 18.4 Å². The molecule has 1 aromatic carbocycles. The third-order valence-corrected chi connectivity index (χ3v) is 4.18. The van der Waals surface area contributed by atoms with Crippen molar-refractivity contribution in [3.63, 3.8) is 0 Å². The molecular weight excluding hydrogens is 339 g/mol. The van der Waals surface area contributed by atoms with Crippen molar-refractivity contribution in [3.8, 4) is 0 Å². The molecule has 6 nitrogen and oxygen atoms in total. The predicted molar refractivity (Wildman–Crippen MR) is 85.3 cm³/mol. The highest BCUT2D eigenvalue weighted by molar-refractivity contribution is 5.89. The molecule has 2 amide bonds. The molecule has 0 aliphatic heterocycles.